The van der Waals surface area contributed by atoms with E-state index in [9.17, 15) is 0 Å². The molecule has 11 heavy (non-hydrogen) atoms. The SMILES string of the molecule is CC(C)C1=C(CN)CCC=C1. The van der Waals surface area contributed by atoms with Gasteiger partial charge in [0.2, 0.25) is 0 Å². The van der Waals surface area contributed by atoms with E-state index in [1.165, 1.54) is 24.0 Å². The van der Waals surface area contributed by atoms with Crippen LogP contribution in [0.3, 0.4) is 0 Å². The average Bonchev–Trinajstić information content (AvgIpc) is 2.04. The topological polar surface area (TPSA) is 26.0 Å². The Labute approximate surface area is 69.0 Å². The molecule has 0 radical (unpaired) electrons. The third-order valence-electron chi connectivity index (χ3n) is 2.19. The van der Waals surface area contributed by atoms with Gasteiger partial charge in [0.1, 0.15) is 0 Å². The molecule has 0 bridgehead atoms. The van der Waals surface area contributed by atoms with Gasteiger partial charge in [0.15, 0.2) is 0 Å². The molecule has 0 saturated heterocycles. The Balaban J connectivity index is 2.83. The highest BCUT2D eigenvalue weighted by atomic mass is 14.5. The summed E-state index contributed by atoms with van der Waals surface area (Å²) in [6.45, 7) is 5.18. The summed E-state index contributed by atoms with van der Waals surface area (Å²) in [5.74, 6) is 0.630. The van der Waals surface area contributed by atoms with E-state index in [2.05, 4.69) is 26.0 Å². The lowest BCUT2D eigenvalue weighted by Crippen LogP contribution is -2.10. The molecule has 0 spiro atoms. The predicted molar refractivity (Wildman–Crippen MR) is 49.3 cm³/mol. The van der Waals surface area contributed by atoms with Gasteiger partial charge in [0, 0.05) is 6.54 Å². The van der Waals surface area contributed by atoms with Gasteiger partial charge in [-0.1, -0.05) is 31.6 Å². The molecule has 0 heterocycles. The van der Waals surface area contributed by atoms with Crippen LogP contribution in [0.5, 0.6) is 0 Å². The van der Waals surface area contributed by atoms with Gasteiger partial charge in [-0.05, 0) is 24.3 Å². The molecule has 0 aliphatic heterocycles. The van der Waals surface area contributed by atoms with Crippen LogP contribution in [0.4, 0.5) is 0 Å². The molecule has 2 N–H and O–H groups in total. The Morgan fingerprint density at radius 1 is 1.55 bits per heavy atom. The molecular weight excluding hydrogens is 134 g/mol. The minimum atomic E-state index is 0.630. The summed E-state index contributed by atoms with van der Waals surface area (Å²) in [7, 11) is 0. The van der Waals surface area contributed by atoms with Gasteiger partial charge < -0.3 is 5.73 Å². The second kappa shape index (κ2) is 3.72. The highest BCUT2D eigenvalue weighted by molar-refractivity contribution is 5.31. The van der Waals surface area contributed by atoms with Crippen LogP contribution < -0.4 is 5.73 Å². The van der Waals surface area contributed by atoms with E-state index in [-0.39, 0.29) is 0 Å². The molecule has 0 atom stereocenters. The lowest BCUT2D eigenvalue weighted by molar-refractivity contribution is 0.744. The summed E-state index contributed by atoms with van der Waals surface area (Å²) < 4.78 is 0. The summed E-state index contributed by atoms with van der Waals surface area (Å²) in [6.07, 6.45) is 6.81. The van der Waals surface area contributed by atoms with Gasteiger partial charge in [-0.15, -0.1) is 0 Å². The van der Waals surface area contributed by atoms with Crippen LogP contribution in [0.2, 0.25) is 0 Å². The quantitative estimate of drug-likeness (QED) is 0.643. The average molecular weight is 151 g/mol. The molecule has 0 aromatic carbocycles. The monoisotopic (exact) mass is 151 g/mol. The van der Waals surface area contributed by atoms with Gasteiger partial charge >= 0.3 is 0 Å². The van der Waals surface area contributed by atoms with Crippen molar-refractivity contribution in [1.82, 2.24) is 0 Å². The Kier molecular flexibility index (Phi) is 2.89. The Bertz CT molecular complexity index is 187. The van der Waals surface area contributed by atoms with Crippen molar-refractivity contribution < 1.29 is 0 Å². The first-order valence-corrected chi connectivity index (χ1v) is 4.34. The smallest absolute Gasteiger partial charge is 0.0142 e. The summed E-state index contributed by atoms with van der Waals surface area (Å²) >= 11 is 0. The third kappa shape index (κ3) is 1.93. The Morgan fingerprint density at radius 3 is 2.73 bits per heavy atom. The molecule has 1 aliphatic carbocycles. The molecule has 0 unspecified atom stereocenters. The Morgan fingerprint density at radius 2 is 2.27 bits per heavy atom. The van der Waals surface area contributed by atoms with Crippen LogP contribution in [-0.2, 0) is 0 Å². The first-order valence-electron chi connectivity index (χ1n) is 4.34. The number of allylic oxidation sites excluding steroid dienone is 3. The van der Waals surface area contributed by atoms with Crippen molar-refractivity contribution in [1.29, 1.82) is 0 Å². The van der Waals surface area contributed by atoms with E-state index in [4.69, 9.17) is 5.73 Å². The van der Waals surface area contributed by atoms with Gasteiger partial charge in [0.25, 0.3) is 0 Å². The van der Waals surface area contributed by atoms with Crippen molar-refractivity contribution in [2.24, 2.45) is 11.7 Å². The summed E-state index contributed by atoms with van der Waals surface area (Å²) in [5.41, 5.74) is 8.54. The largest absolute Gasteiger partial charge is 0.327 e. The normalized spacial score (nSPS) is 18.2. The molecule has 0 aromatic heterocycles. The molecule has 62 valence electrons. The Hall–Kier alpha value is -0.560. The number of rotatable bonds is 2. The first kappa shape index (κ1) is 8.54. The van der Waals surface area contributed by atoms with E-state index >= 15 is 0 Å². The molecule has 0 aromatic rings. The molecule has 0 amide bonds. The zero-order valence-electron chi connectivity index (χ0n) is 7.43. The molecule has 1 rings (SSSR count). The van der Waals surface area contributed by atoms with E-state index in [1.807, 2.05) is 0 Å². The van der Waals surface area contributed by atoms with Crippen LogP contribution >= 0.6 is 0 Å². The maximum Gasteiger partial charge on any atom is 0.0142 e. The lowest BCUT2D eigenvalue weighted by Gasteiger charge is -2.17. The van der Waals surface area contributed by atoms with Gasteiger partial charge in [-0.3, -0.25) is 0 Å². The van der Waals surface area contributed by atoms with Crippen LogP contribution in [-0.4, -0.2) is 6.54 Å². The standard InChI is InChI=1S/C10H17N/c1-8(2)10-6-4-3-5-9(10)7-11/h4,6,8H,3,5,7,11H2,1-2H3. The zero-order valence-corrected chi connectivity index (χ0v) is 7.43. The summed E-state index contributed by atoms with van der Waals surface area (Å²) in [6, 6.07) is 0. The summed E-state index contributed by atoms with van der Waals surface area (Å²) in [5, 5.41) is 0. The lowest BCUT2D eigenvalue weighted by atomic mass is 9.90. The zero-order chi connectivity index (χ0) is 8.27. The third-order valence-corrected chi connectivity index (χ3v) is 2.19. The van der Waals surface area contributed by atoms with Crippen molar-refractivity contribution in [3.63, 3.8) is 0 Å². The van der Waals surface area contributed by atoms with Gasteiger partial charge in [-0.25, -0.2) is 0 Å². The maximum atomic E-state index is 5.64. The van der Waals surface area contributed by atoms with Crippen molar-refractivity contribution in [3.05, 3.63) is 23.3 Å². The summed E-state index contributed by atoms with van der Waals surface area (Å²) in [4.78, 5) is 0. The highest BCUT2D eigenvalue weighted by Crippen LogP contribution is 2.23. The number of hydrogen-bond acceptors (Lipinski definition) is 1. The van der Waals surface area contributed by atoms with Crippen LogP contribution in [0.25, 0.3) is 0 Å². The molecular formula is C10H17N. The van der Waals surface area contributed by atoms with E-state index < -0.39 is 0 Å². The number of hydrogen-bond donors (Lipinski definition) is 1. The van der Waals surface area contributed by atoms with Gasteiger partial charge in [0.05, 0.1) is 0 Å². The first-order chi connectivity index (χ1) is 5.25. The van der Waals surface area contributed by atoms with E-state index in [1.54, 1.807) is 0 Å². The fraction of sp³-hybridized carbons (Fsp3) is 0.600. The van der Waals surface area contributed by atoms with Crippen molar-refractivity contribution in [2.75, 3.05) is 6.54 Å². The molecule has 0 saturated carbocycles. The highest BCUT2D eigenvalue weighted by Gasteiger charge is 2.09. The van der Waals surface area contributed by atoms with Crippen LogP contribution in [0.1, 0.15) is 26.7 Å². The van der Waals surface area contributed by atoms with Crippen molar-refractivity contribution >= 4 is 0 Å². The van der Waals surface area contributed by atoms with Crippen LogP contribution in [0, 0.1) is 5.92 Å². The van der Waals surface area contributed by atoms with Crippen molar-refractivity contribution in [3.8, 4) is 0 Å². The second-order valence-corrected chi connectivity index (χ2v) is 3.36. The fourth-order valence-corrected chi connectivity index (χ4v) is 1.55. The van der Waals surface area contributed by atoms with E-state index in [0.29, 0.717) is 5.92 Å². The fourth-order valence-electron chi connectivity index (χ4n) is 1.55. The predicted octanol–water partition coefficient (Wildman–Crippen LogP) is 2.25. The second-order valence-electron chi connectivity index (χ2n) is 3.36. The number of nitrogens with two attached hydrogens (primary N) is 1. The van der Waals surface area contributed by atoms with Crippen molar-refractivity contribution in [2.45, 2.75) is 26.7 Å². The van der Waals surface area contributed by atoms with Gasteiger partial charge in [-0.2, -0.15) is 0 Å². The van der Waals surface area contributed by atoms with E-state index in [0.717, 1.165) is 6.54 Å². The maximum absolute atomic E-state index is 5.64. The molecule has 1 aliphatic rings. The van der Waals surface area contributed by atoms with Crippen LogP contribution in [0.15, 0.2) is 23.3 Å². The minimum absolute atomic E-state index is 0.630. The molecule has 1 nitrogen and oxygen atoms in total. The minimum Gasteiger partial charge on any atom is -0.327 e. The molecule has 1 heteroatoms. The molecule has 0 fully saturated rings.